The van der Waals surface area contributed by atoms with E-state index in [1.165, 1.54) is 11.3 Å². The summed E-state index contributed by atoms with van der Waals surface area (Å²) >= 11 is 1.19. The Morgan fingerprint density at radius 1 is 1.46 bits per heavy atom. The summed E-state index contributed by atoms with van der Waals surface area (Å²) in [7, 11) is 0. The van der Waals surface area contributed by atoms with Crippen LogP contribution in [-0.2, 0) is 0 Å². The molecule has 0 bridgehead atoms. The number of hydrogen-bond donors (Lipinski definition) is 0. The molecule has 0 saturated heterocycles. The molecule has 1 heterocycles. The van der Waals surface area contributed by atoms with Crippen molar-refractivity contribution in [1.29, 1.82) is 0 Å². The molecule has 2 rings (SSSR count). The fraction of sp³-hybridized carbons (Fsp3) is 0.100. The lowest BCUT2D eigenvalue weighted by molar-refractivity contribution is 0.112. The number of benzene rings is 1. The molecule has 0 N–H and O–H groups in total. The summed E-state index contributed by atoms with van der Waals surface area (Å²) in [6.07, 6.45) is 0.569. The summed E-state index contributed by atoms with van der Waals surface area (Å²) in [6.45, 7) is 1.84. The Balaban J connectivity index is 2.92. The average Bonchev–Trinajstić information content (AvgIpc) is 2.44. The van der Waals surface area contributed by atoms with Gasteiger partial charge in [-0.15, -0.1) is 11.3 Å². The van der Waals surface area contributed by atoms with E-state index in [4.69, 9.17) is 0 Å². The Bertz CT molecular complexity index is 473. The number of aldehydes is 1. The molecule has 0 atom stereocenters. The van der Waals surface area contributed by atoms with E-state index in [9.17, 15) is 9.18 Å². The highest BCUT2D eigenvalue weighted by Gasteiger charge is 2.12. The van der Waals surface area contributed by atoms with Crippen LogP contribution in [-0.4, -0.2) is 6.29 Å². The summed E-state index contributed by atoms with van der Waals surface area (Å²) in [4.78, 5) is 10.7. The van der Waals surface area contributed by atoms with E-state index in [0.717, 1.165) is 10.3 Å². The molecule has 1 aromatic heterocycles. The molecule has 0 saturated carbocycles. The molecule has 0 fully saturated rings. The van der Waals surface area contributed by atoms with Gasteiger partial charge in [0.05, 0.1) is 0 Å². The van der Waals surface area contributed by atoms with Gasteiger partial charge in [-0.1, -0.05) is 12.1 Å². The standard InChI is InChI=1S/C10H7FOS/c1-6-3-2-4-7-9(6)10(11)8(5-12)13-7/h2-5H,1H3. The van der Waals surface area contributed by atoms with E-state index in [1.54, 1.807) is 0 Å². The van der Waals surface area contributed by atoms with Crippen LogP contribution in [0.5, 0.6) is 0 Å². The van der Waals surface area contributed by atoms with Gasteiger partial charge in [-0.25, -0.2) is 4.39 Å². The van der Waals surface area contributed by atoms with E-state index in [0.29, 0.717) is 11.7 Å². The van der Waals surface area contributed by atoms with Gasteiger partial charge in [-0.2, -0.15) is 0 Å². The highest BCUT2D eigenvalue weighted by Crippen LogP contribution is 2.30. The van der Waals surface area contributed by atoms with Crippen molar-refractivity contribution < 1.29 is 9.18 Å². The quantitative estimate of drug-likeness (QED) is 0.637. The van der Waals surface area contributed by atoms with Gasteiger partial charge in [0.1, 0.15) is 4.88 Å². The fourth-order valence-electron chi connectivity index (χ4n) is 1.37. The molecule has 2 aromatic rings. The molecule has 1 nitrogen and oxygen atoms in total. The molecule has 0 spiro atoms. The Morgan fingerprint density at radius 2 is 2.23 bits per heavy atom. The summed E-state index contributed by atoms with van der Waals surface area (Å²) in [6, 6.07) is 5.53. The lowest BCUT2D eigenvalue weighted by Gasteiger charge is -1.93. The van der Waals surface area contributed by atoms with Crippen LogP contribution in [0.1, 0.15) is 15.2 Å². The van der Waals surface area contributed by atoms with Crippen LogP contribution in [0.3, 0.4) is 0 Å². The minimum atomic E-state index is -0.381. The van der Waals surface area contributed by atoms with Crippen molar-refractivity contribution in [2.45, 2.75) is 6.92 Å². The zero-order valence-electron chi connectivity index (χ0n) is 7.00. The van der Waals surface area contributed by atoms with Gasteiger partial charge in [0.25, 0.3) is 0 Å². The highest BCUT2D eigenvalue weighted by molar-refractivity contribution is 7.20. The van der Waals surface area contributed by atoms with Crippen LogP contribution < -0.4 is 0 Å². The lowest BCUT2D eigenvalue weighted by Crippen LogP contribution is -1.79. The maximum atomic E-state index is 13.5. The van der Waals surface area contributed by atoms with Crippen molar-refractivity contribution in [3.05, 3.63) is 34.5 Å². The molecule has 0 amide bonds. The van der Waals surface area contributed by atoms with Gasteiger partial charge < -0.3 is 0 Å². The Kier molecular flexibility index (Phi) is 1.88. The van der Waals surface area contributed by atoms with Gasteiger partial charge in [0.15, 0.2) is 12.1 Å². The molecule has 0 aliphatic rings. The van der Waals surface area contributed by atoms with Gasteiger partial charge in [-0.3, -0.25) is 4.79 Å². The van der Waals surface area contributed by atoms with Gasteiger partial charge >= 0.3 is 0 Å². The molecule has 66 valence electrons. The van der Waals surface area contributed by atoms with Gasteiger partial charge in [0.2, 0.25) is 0 Å². The minimum absolute atomic E-state index is 0.185. The second kappa shape index (κ2) is 2.92. The topological polar surface area (TPSA) is 17.1 Å². The summed E-state index contributed by atoms with van der Waals surface area (Å²) in [5, 5.41) is 0.578. The third-order valence-electron chi connectivity index (χ3n) is 2.00. The van der Waals surface area contributed by atoms with E-state index < -0.39 is 0 Å². The van der Waals surface area contributed by atoms with E-state index in [2.05, 4.69) is 0 Å². The van der Waals surface area contributed by atoms with Crippen molar-refractivity contribution in [3.63, 3.8) is 0 Å². The predicted octanol–water partition coefficient (Wildman–Crippen LogP) is 3.16. The number of carbonyl (C=O) groups is 1. The van der Waals surface area contributed by atoms with Crippen LogP contribution in [0.15, 0.2) is 18.2 Å². The van der Waals surface area contributed by atoms with Crippen molar-refractivity contribution in [2.75, 3.05) is 0 Å². The van der Waals surface area contributed by atoms with Crippen LogP contribution in [0.2, 0.25) is 0 Å². The van der Waals surface area contributed by atoms with Gasteiger partial charge in [-0.05, 0) is 18.6 Å². The minimum Gasteiger partial charge on any atom is -0.297 e. The number of halogens is 1. The summed E-state index contributed by atoms with van der Waals surface area (Å²) < 4.78 is 14.3. The van der Waals surface area contributed by atoms with Crippen LogP contribution in [0.25, 0.3) is 10.1 Å². The maximum absolute atomic E-state index is 13.5. The normalized spacial score (nSPS) is 10.6. The van der Waals surface area contributed by atoms with Crippen LogP contribution in [0.4, 0.5) is 4.39 Å². The molecule has 0 aliphatic heterocycles. The number of thiophene rings is 1. The van der Waals surface area contributed by atoms with Crippen molar-refractivity contribution in [3.8, 4) is 0 Å². The number of carbonyl (C=O) groups excluding carboxylic acids is 1. The van der Waals surface area contributed by atoms with E-state index >= 15 is 0 Å². The fourth-order valence-corrected chi connectivity index (χ4v) is 2.35. The summed E-state index contributed by atoms with van der Waals surface area (Å²) in [5.74, 6) is -0.381. The zero-order valence-corrected chi connectivity index (χ0v) is 7.82. The number of rotatable bonds is 1. The Labute approximate surface area is 78.8 Å². The first kappa shape index (κ1) is 8.38. The number of hydrogen-bond acceptors (Lipinski definition) is 2. The Hall–Kier alpha value is -1.22. The Morgan fingerprint density at radius 3 is 2.85 bits per heavy atom. The van der Waals surface area contributed by atoms with Crippen molar-refractivity contribution >= 4 is 27.7 Å². The molecule has 0 unspecified atom stereocenters. The first-order chi connectivity index (χ1) is 6.24. The second-order valence-electron chi connectivity index (χ2n) is 2.85. The maximum Gasteiger partial charge on any atom is 0.163 e. The van der Waals surface area contributed by atoms with E-state index in [1.807, 2.05) is 25.1 Å². The molecular weight excluding hydrogens is 187 g/mol. The first-order valence-electron chi connectivity index (χ1n) is 3.87. The third kappa shape index (κ3) is 1.16. The molecule has 0 radical (unpaired) electrons. The average molecular weight is 194 g/mol. The van der Waals surface area contributed by atoms with Gasteiger partial charge in [0, 0.05) is 10.1 Å². The van der Waals surface area contributed by atoms with Crippen molar-refractivity contribution in [1.82, 2.24) is 0 Å². The predicted molar refractivity (Wildman–Crippen MR) is 51.9 cm³/mol. The van der Waals surface area contributed by atoms with Crippen LogP contribution >= 0.6 is 11.3 Å². The monoisotopic (exact) mass is 194 g/mol. The molecular formula is C10H7FOS. The zero-order chi connectivity index (χ0) is 9.42. The van der Waals surface area contributed by atoms with Crippen LogP contribution in [0, 0.1) is 12.7 Å². The lowest BCUT2D eigenvalue weighted by atomic mass is 10.1. The van der Waals surface area contributed by atoms with Crippen molar-refractivity contribution in [2.24, 2.45) is 0 Å². The molecule has 3 heteroatoms. The second-order valence-corrected chi connectivity index (χ2v) is 3.93. The third-order valence-corrected chi connectivity index (χ3v) is 3.05. The SMILES string of the molecule is Cc1cccc2sc(C=O)c(F)c12. The summed E-state index contributed by atoms with van der Waals surface area (Å²) in [5.41, 5.74) is 0.874. The first-order valence-corrected chi connectivity index (χ1v) is 4.68. The number of fused-ring (bicyclic) bond motifs is 1. The smallest absolute Gasteiger partial charge is 0.163 e. The molecule has 13 heavy (non-hydrogen) atoms. The highest BCUT2D eigenvalue weighted by atomic mass is 32.1. The molecule has 0 aliphatic carbocycles. The largest absolute Gasteiger partial charge is 0.297 e. The number of aryl methyl sites for hydroxylation is 1. The molecule has 1 aromatic carbocycles. The van der Waals surface area contributed by atoms with E-state index in [-0.39, 0.29) is 10.7 Å².